The smallest absolute Gasteiger partial charge is 0.476 e. The summed E-state index contributed by atoms with van der Waals surface area (Å²) >= 11 is 0. The standard InChI is InChI=1S/C16H14F2N6O3/c1-2-26-14-13(10-4-3-5-12(6-10)27-15(17)18)22-11(7-19-14)8-24-16(23-25)20-9-21-24/h3-7,9,15H,2,8H2,1H3/p+1. The lowest BCUT2D eigenvalue weighted by molar-refractivity contribution is -0.731. The van der Waals surface area contributed by atoms with Gasteiger partial charge in [0.1, 0.15) is 18.0 Å². The van der Waals surface area contributed by atoms with Gasteiger partial charge in [0.05, 0.1) is 18.5 Å². The first-order chi connectivity index (χ1) is 13.1. The highest BCUT2D eigenvalue weighted by molar-refractivity contribution is 5.66. The molecule has 1 aromatic carbocycles. The average molecular weight is 377 g/mol. The number of nitroso groups, excluding NO2 is 1. The quantitative estimate of drug-likeness (QED) is 0.478. The summed E-state index contributed by atoms with van der Waals surface area (Å²) in [7, 11) is 0. The molecule has 3 rings (SSSR count). The predicted molar refractivity (Wildman–Crippen MR) is 88.6 cm³/mol. The highest BCUT2D eigenvalue weighted by atomic mass is 19.3. The molecule has 0 atom stereocenters. The zero-order chi connectivity index (χ0) is 19.2. The van der Waals surface area contributed by atoms with Crippen molar-refractivity contribution in [1.29, 1.82) is 0 Å². The minimum Gasteiger partial charge on any atom is -0.476 e. The summed E-state index contributed by atoms with van der Waals surface area (Å²) < 4.78 is 36.3. The Morgan fingerprint density at radius 1 is 1.33 bits per heavy atom. The first kappa shape index (κ1) is 18.3. The van der Waals surface area contributed by atoms with Gasteiger partial charge < -0.3 is 9.47 Å². The molecule has 0 aliphatic heterocycles. The zero-order valence-electron chi connectivity index (χ0n) is 14.2. The number of H-pyrrole nitrogens is 1. The van der Waals surface area contributed by atoms with Crippen LogP contribution in [-0.2, 0) is 6.54 Å². The highest BCUT2D eigenvalue weighted by Gasteiger charge is 2.18. The van der Waals surface area contributed by atoms with Crippen molar-refractivity contribution in [2.45, 2.75) is 20.1 Å². The van der Waals surface area contributed by atoms with Crippen LogP contribution in [0.15, 0.2) is 42.0 Å². The van der Waals surface area contributed by atoms with Gasteiger partial charge in [0.2, 0.25) is 5.88 Å². The van der Waals surface area contributed by atoms with Crippen LogP contribution >= 0.6 is 0 Å². The lowest BCUT2D eigenvalue weighted by Crippen LogP contribution is -2.36. The van der Waals surface area contributed by atoms with Gasteiger partial charge in [-0.2, -0.15) is 8.78 Å². The lowest BCUT2D eigenvalue weighted by Gasteiger charge is -2.11. The summed E-state index contributed by atoms with van der Waals surface area (Å²) in [5.74, 6) is 0.200. The normalized spacial score (nSPS) is 10.8. The van der Waals surface area contributed by atoms with Crippen molar-refractivity contribution in [3.8, 4) is 22.9 Å². The summed E-state index contributed by atoms with van der Waals surface area (Å²) in [4.78, 5) is 23.2. The van der Waals surface area contributed by atoms with Crippen LogP contribution < -0.4 is 14.2 Å². The van der Waals surface area contributed by atoms with E-state index in [4.69, 9.17) is 4.74 Å². The van der Waals surface area contributed by atoms with Gasteiger partial charge in [0.15, 0.2) is 11.5 Å². The number of halogens is 2. The van der Waals surface area contributed by atoms with E-state index < -0.39 is 6.61 Å². The lowest BCUT2D eigenvalue weighted by atomic mass is 10.1. The van der Waals surface area contributed by atoms with Gasteiger partial charge in [-0.15, -0.1) is 4.68 Å². The third kappa shape index (κ3) is 4.37. The van der Waals surface area contributed by atoms with Gasteiger partial charge in [-0.25, -0.2) is 15.1 Å². The van der Waals surface area contributed by atoms with Gasteiger partial charge in [-0.1, -0.05) is 22.0 Å². The molecule has 0 radical (unpaired) electrons. The second-order valence-corrected chi connectivity index (χ2v) is 5.22. The zero-order valence-corrected chi connectivity index (χ0v) is 14.2. The third-order valence-electron chi connectivity index (χ3n) is 3.44. The average Bonchev–Trinajstić information content (AvgIpc) is 3.10. The van der Waals surface area contributed by atoms with E-state index in [1.165, 1.54) is 29.3 Å². The largest absolute Gasteiger partial charge is 0.495 e. The molecule has 3 aromatic rings. The van der Waals surface area contributed by atoms with E-state index in [0.717, 1.165) is 0 Å². The van der Waals surface area contributed by atoms with Crippen LogP contribution in [0.1, 0.15) is 12.6 Å². The molecule has 1 N–H and O–H groups in total. The number of hydrogen-bond donors (Lipinski definition) is 1. The fourth-order valence-corrected chi connectivity index (χ4v) is 2.38. The van der Waals surface area contributed by atoms with Crippen LogP contribution in [0.5, 0.6) is 11.6 Å². The number of hydrogen-bond acceptors (Lipinski definition) is 7. The minimum absolute atomic E-state index is 0.00691. The Hall–Kier alpha value is -3.50. The first-order valence-electron chi connectivity index (χ1n) is 7.91. The number of nitrogens with one attached hydrogen (secondary N) is 1. The molecule has 0 saturated heterocycles. The molecule has 9 nitrogen and oxygen atoms in total. The SMILES string of the molecule is CCOc1ncc(C[n+]2[nH]cnc2N=O)nc1-c1cccc(OC(F)F)c1. The summed E-state index contributed by atoms with van der Waals surface area (Å²) in [6.07, 6.45) is 2.81. The number of alkyl halides is 2. The van der Waals surface area contributed by atoms with Crippen molar-refractivity contribution in [2.75, 3.05) is 6.61 Å². The van der Waals surface area contributed by atoms with Crippen molar-refractivity contribution in [3.05, 3.63) is 47.4 Å². The topological polar surface area (TPSA) is 106 Å². The maximum Gasteiger partial charge on any atom is 0.495 e. The van der Waals surface area contributed by atoms with Crippen LogP contribution in [0.4, 0.5) is 14.7 Å². The van der Waals surface area contributed by atoms with Crippen LogP contribution in [-0.4, -0.2) is 33.3 Å². The second-order valence-electron chi connectivity index (χ2n) is 5.22. The van der Waals surface area contributed by atoms with Gasteiger partial charge in [-0.05, 0) is 19.1 Å². The van der Waals surface area contributed by atoms with Crippen LogP contribution in [0.3, 0.4) is 0 Å². The molecule has 27 heavy (non-hydrogen) atoms. The minimum atomic E-state index is -2.94. The monoisotopic (exact) mass is 377 g/mol. The number of aromatic nitrogens is 5. The number of benzene rings is 1. The van der Waals surface area contributed by atoms with Gasteiger partial charge in [-0.3, -0.25) is 0 Å². The van der Waals surface area contributed by atoms with Crippen molar-refractivity contribution < 1.29 is 22.9 Å². The van der Waals surface area contributed by atoms with Crippen LogP contribution in [0.2, 0.25) is 0 Å². The molecule has 2 aromatic heterocycles. The highest BCUT2D eigenvalue weighted by Crippen LogP contribution is 2.29. The van der Waals surface area contributed by atoms with Crippen molar-refractivity contribution in [1.82, 2.24) is 20.1 Å². The van der Waals surface area contributed by atoms with E-state index in [1.54, 1.807) is 19.1 Å². The van der Waals surface area contributed by atoms with E-state index in [0.29, 0.717) is 23.6 Å². The maximum absolute atomic E-state index is 12.5. The molecule has 0 aliphatic carbocycles. The van der Waals surface area contributed by atoms with E-state index in [-0.39, 0.29) is 24.1 Å². The summed E-state index contributed by atoms with van der Waals surface area (Å²) in [6, 6.07) is 6.07. The van der Waals surface area contributed by atoms with Crippen LogP contribution in [0.25, 0.3) is 11.3 Å². The Labute approximate surface area is 152 Å². The molecule has 2 heterocycles. The Kier molecular flexibility index (Phi) is 5.59. The molecule has 0 aliphatic rings. The fraction of sp³-hybridized carbons (Fsp3) is 0.250. The van der Waals surface area contributed by atoms with Crippen molar-refractivity contribution in [3.63, 3.8) is 0 Å². The molecule has 0 spiro atoms. The fourth-order valence-electron chi connectivity index (χ4n) is 2.38. The number of nitrogens with zero attached hydrogens (tertiary/aromatic N) is 5. The second kappa shape index (κ2) is 8.25. The first-order valence-corrected chi connectivity index (χ1v) is 7.91. The summed E-state index contributed by atoms with van der Waals surface area (Å²) in [5.41, 5.74) is 1.33. The molecular weight excluding hydrogens is 362 g/mol. The molecule has 11 heteroatoms. The van der Waals surface area contributed by atoms with E-state index in [2.05, 4.69) is 30.0 Å². The Bertz CT molecular complexity index is 934. The summed E-state index contributed by atoms with van der Waals surface area (Å²) in [6.45, 7) is -0.642. The molecule has 0 saturated carbocycles. The van der Waals surface area contributed by atoms with Gasteiger partial charge in [0.25, 0.3) is 0 Å². The molecular formula is C16H15F2N6O3+. The molecule has 0 amide bonds. The third-order valence-corrected chi connectivity index (χ3v) is 3.44. The maximum atomic E-state index is 12.5. The van der Waals surface area contributed by atoms with Gasteiger partial charge in [0, 0.05) is 5.56 Å². The molecule has 0 bridgehead atoms. The Morgan fingerprint density at radius 2 is 2.19 bits per heavy atom. The molecule has 0 unspecified atom stereocenters. The number of ether oxygens (including phenoxy) is 2. The van der Waals surface area contributed by atoms with Gasteiger partial charge >= 0.3 is 12.6 Å². The Balaban J connectivity index is 1.98. The van der Waals surface area contributed by atoms with E-state index in [9.17, 15) is 13.7 Å². The number of aromatic amines is 1. The Morgan fingerprint density at radius 3 is 2.93 bits per heavy atom. The van der Waals surface area contributed by atoms with Crippen molar-refractivity contribution >= 4 is 5.95 Å². The molecule has 140 valence electrons. The van der Waals surface area contributed by atoms with Crippen LogP contribution in [0, 0.1) is 4.91 Å². The number of rotatable bonds is 8. The predicted octanol–water partition coefficient (Wildman–Crippen LogP) is 2.60. The molecule has 0 fully saturated rings. The summed E-state index contributed by atoms with van der Waals surface area (Å²) in [5, 5.41) is 5.55. The van der Waals surface area contributed by atoms with E-state index >= 15 is 0 Å². The van der Waals surface area contributed by atoms with E-state index in [1.807, 2.05) is 0 Å². The van der Waals surface area contributed by atoms with Crippen molar-refractivity contribution in [2.24, 2.45) is 5.18 Å².